The van der Waals surface area contributed by atoms with E-state index in [0.29, 0.717) is 12.1 Å². The molecular formula is C10H10F3NO3S. The standard InChI is InChI=1S/C10H10F3NO3S/c11-7-1-8(12)10(9(13)2-7)18(16,17)14-3-6(4-14)5-15/h1-2,6,15H,3-5H2. The molecule has 0 aromatic heterocycles. The van der Waals surface area contributed by atoms with Gasteiger partial charge in [0.25, 0.3) is 0 Å². The van der Waals surface area contributed by atoms with Crippen molar-refractivity contribution in [2.45, 2.75) is 4.90 Å². The Morgan fingerprint density at radius 1 is 1.22 bits per heavy atom. The number of hydrogen-bond donors (Lipinski definition) is 1. The van der Waals surface area contributed by atoms with Gasteiger partial charge in [-0.25, -0.2) is 21.6 Å². The van der Waals surface area contributed by atoms with E-state index in [4.69, 9.17) is 5.11 Å². The molecule has 1 fully saturated rings. The highest BCUT2D eigenvalue weighted by atomic mass is 32.2. The van der Waals surface area contributed by atoms with Gasteiger partial charge in [0.15, 0.2) is 4.90 Å². The first-order valence-corrected chi connectivity index (χ1v) is 6.56. The summed E-state index contributed by atoms with van der Waals surface area (Å²) >= 11 is 0. The fourth-order valence-corrected chi connectivity index (χ4v) is 3.42. The second-order valence-electron chi connectivity index (χ2n) is 4.07. The summed E-state index contributed by atoms with van der Waals surface area (Å²) in [4.78, 5) is -1.15. The van der Waals surface area contributed by atoms with Gasteiger partial charge in [0, 0.05) is 37.7 Å². The highest BCUT2D eigenvalue weighted by Crippen LogP contribution is 2.28. The van der Waals surface area contributed by atoms with Gasteiger partial charge in [-0.1, -0.05) is 0 Å². The van der Waals surface area contributed by atoms with Crippen molar-refractivity contribution in [1.82, 2.24) is 4.31 Å². The zero-order valence-corrected chi connectivity index (χ0v) is 9.92. The molecule has 0 unspecified atom stereocenters. The quantitative estimate of drug-likeness (QED) is 0.888. The summed E-state index contributed by atoms with van der Waals surface area (Å²) in [6.45, 7) is -0.204. The zero-order valence-electron chi connectivity index (χ0n) is 9.11. The molecule has 0 aliphatic carbocycles. The largest absolute Gasteiger partial charge is 0.396 e. The van der Waals surface area contributed by atoms with Crippen LogP contribution >= 0.6 is 0 Å². The molecule has 1 N–H and O–H groups in total. The number of aliphatic hydroxyl groups is 1. The van der Waals surface area contributed by atoms with E-state index in [-0.39, 0.29) is 25.6 Å². The summed E-state index contributed by atoms with van der Waals surface area (Å²) in [5.41, 5.74) is 0. The average molecular weight is 281 g/mol. The van der Waals surface area contributed by atoms with Crippen LogP contribution in [-0.2, 0) is 10.0 Å². The van der Waals surface area contributed by atoms with Gasteiger partial charge in [0.05, 0.1) is 0 Å². The summed E-state index contributed by atoms with van der Waals surface area (Å²) in [7, 11) is -4.32. The first-order chi connectivity index (χ1) is 8.36. The molecular weight excluding hydrogens is 271 g/mol. The van der Waals surface area contributed by atoms with Gasteiger partial charge >= 0.3 is 0 Å². The maximum Gasteiger partial charge on any atom is 0.248 e. The molecule has 1 saturated heterocycles. The molecule has 2 rings (SSSR count). The first kappa shape index (κ1) is 13.3. The highest BCUT2D eigenvalue weighted by Gasteiger charge is 2.39. The van der Waals surface area contributed by atoms with Gasteiger partial charge in [-0.3, -0.25) is 0 Å². The monoisotopic (exact) mass is 281 g/mol. The Hall–Kier alpha value is -1.12. The van der Waals surface area contributed by atoms with E-state index in [2.05, 4.69) is 0 Å². The fraction of sp³-hybridized carbons (Fsp3) is 0.400. The van der Waals surface area contributed by atoms with Crippen LogP contribution in [-0.4, -0.2) is 37.5 Å². The third-order valence-electron chi connectivity index (χ3n) is 2.74. The summed E-state index contributed by atoms with van der Waals surface area (Å²) in [6, 6.07) is 0.637. The van der Waals surface area contributed by atoms with E-state index in [9.17, 15) is 21.6 Å². The molecule has 0 atom stereocenters. The van der Waals surface area contributed by atoms with E-state index in [1.807, 2.05) is 0 Å². The average Bonchev–Trinajstić information content (AvgIpc) is 2.12. The van der Waals surface area contributed by atoms with Crippen LogP contribution in [0.2, 0.25) is 0 Å². The van der Waals surface area contributed by atoms with Crippen LogP contribution in [0, 0.1) is 23.4 Å². The molecule has 1 aliphatic rings. The fourth-order valence-electron chi connectivity index (χ4n) is 1.74. The Morgan fingerprint density at radius 3 is 2.17 bits per heavy atom. The lowest BCUT2D eigenvalue weighted by molar-refractivity contribution is 0.117. The molecule has 0 spiro atoms. The molecule has 1 heterocycles. The summed E-state index contributed by atoms with van der Waals surface area (Å²) in [6.07, 6.45) is 0. The smallest absolute Gasteiger partial charge is 0.248 e. The second-order valence-corrected chi connectivity index (χ2v) is 5.94. The van der Waals surface area contributed by atoms with Crippen molar-refractivity contribution >= 4 is 10.0 Å². The lowest BCUT2D eigenvalue weighted by atomic mass is 10.1. The van der Waals surface area contributed by atoms with Crippen LogP contribution in [0.5, 0.6) is 0 Å². The van der Waals surface area contributed by atoms with Gasteiger partial charge in [-0.2, -0.15) is 4.31 Å². The molecule has 8 heteroatoms. The van der Waals surface area contributed by atoms with Gasteiger partial charge in [-0.15, -0.1) is 0 Å². The van der Waals surface area contributed by atoms with E-state index < -0.39 is 32.4 Å². The lowest BCUT2D eigenvalue weighted by Gasteiger charge is -2.36. The van der Waals surface area contributed by atoms with Gasteiger partial charge in [-0.05, 0) is 0 Å². The van der Waals surface area contributed by atoms with Crippen molar-refractivity contribution in [3.63, 3.8) is 0 Å². The predicted molar refractivity (Wildman–Crippen MR) is 55.7 cm³/mol. The topological polar surface area (TPSA) is 57.6 Å². The van der Waals surface area contributed by atoms with Crippen LogP contribution in [0.1, 0.15) is 0 Å². The summed E-state index contributed by atoms with van der Waals surface area (Å²) in [5.74, 6) is -4.33. The lowest BCUT2D eigenvalue weighted by Crippen LogP contribution is -2.51. The molecule has 1 aromatic rings. The van der Waals surface area contributed by atoms with Crippen molar-refractivity contribution in [3.8, 4) is 0 Å². The normalized spacial score (nSPS) is 17.8. The van der Waals surface area contributed by atoms with Gasteiger partial charge < -0.3 is 5.11 Å². The molecule has 1 aliphatic heterocycles. The number of nitrogens with zero attached hydrogens (tertiary/aromatic N) is 1. The minimum absolute atomic E-state index is 0.00487. The second kappa shape index (κ2) is 4.52. The van der Waals surface area contributed by atoms with E-state index in [1.165, 1.54) is 0 Å². The molecule has 0 radical (unpaired) electrons. The van der Waals surface area contributed by atoms with Gasteiger partial charge in [0.2, 0.25) is 10.0 Å². The van der Waals surface area contributed by atoms with Crippen LogP contribution in [0.15, 0.2) is 17.0 Å². The van der Waals surface area contributed by atoms with Crippen molar-refractivity contribution in [3.05, 3.63) is 29.6 Å². The van der Waals surface area contributed by atoms with Crippen molar-refractivity contribution < 1.29 is 26.7 Å². The molecule has 4 nitrogen and oxygen atoms in total. The molecule has 18 heavy (non-hydrogen) atoms. The number of sulfonamides is 1. The van der Waals surface area contributed by atoms with Crippen LogP contribution in [0.3, 0.4) is 0 Å². The maximum atomic E-state index is 13.4. The first-order valence-electron chi connectivity index (χ1n) is 5.12. The minimum atomic E-state index is -4.32. The number of hydrogen-bond acceptors (Lipinski definition) is 3. The molecule has 100 valence electrons. The Kier molecular flexibility index (Phi) is 3.35. The van der Waals surface area contributed by atoms with Crippen LogP contribution < -0.4 is 0 Å². The number of halogens is 3. The van der Waals surface area contributed by atoms with E-state index in [1.54, 1.807) is 0 Å². The highest BCUT2D eigenvalue weighted by molar-refractivity contribution is 7.89. The number of aliphatic hydroxyl groups excluding tert-OH is 1. The molecule has 0 amide bonds. The number of benzene rings is 1. The van der Waals surface area contributed by atoms with E-state index in [0.717, 1.165) is 4.31 Å². The molecule has 0 bridgehead atoms. The molecule has 1 aromatic carbocycles. The SMILES string of the molecule is O=S(=O)(c1c(F)cc(F)cc1F)N1CC(CO)C1. The third-order valence-corrected chi connectivity index (χ3v) is 4.63. The van der Waals surface area contributed by atoms with Crippen molar-refractivity contribution in [2.24, 2.45) is 5.92 Å². The minimum Gasteiger partial charge on any atom is -0.396 e. The van der Waals surface area contributed by atoms with E-state index >= 15 is 0 Å². The Balaban J connectivity index is 2.37. The Labute approximate surface area is 102 Å². The Bertz CT molecular complexity index is 547. The summed E-state index contributed by atoms with van der Waals surface area (Å²) in [5, 5.41) is 8.77. The zero-order chi connectivity index (χ0) is 13.5. The van der Waals surface area contributed by atoms with Crippen LogP contribution in [0.4, 0.5) is 13.2 Å². The third kappa shape index (κ3) is 2.11. The predicted octanol–water partition coefficient (Wildman–Crippen LogP) is 0.717. The summed E-state index contributed by atoms with van der Waals surface area (Å²) < 4.78 is 64.0. The van der Waals surface area contributed by atoms with Crippen molar-refractivity contribution in [2.75, 3.05) is 19.7 Å². The number of rotatable bonds is 3. The Morgan fingerprint density at radius 2 is 1.72 bits per heavy atom. The van der Waals surface area contributed by atoms with Gasteiger partial charge in [0.1, 0.15) is 17.5 Å². The van der Waals surface area contributed by atoms with Crippen molar-refractivity contribution in [1.29, 1.82) is 0 Å². The van der Waals surface area contributed by atoms with Crippen LogP contribution in [0.25, 0.3) is 0 Å². The molecule has 0 saturated carbocycles. The maximum absolute atomic E-state index is 13.4.